The van der Waals surface area contributed by atoms with Crippen molar-refractivity contribution < 1.29 is 23.6 Å². The molecule has 0 atom stereocenters. The van der Waals surface area contributed by atoms with Crippen molar-refractivity contribution in [3.63, 3.8) is 0 Å². The number of alkyl halides is 1. The molecule has 0 fully saturated rings. The van der Waals surface area contributed by atoms with E-state index >= 15 is 0 Å². The number of hydrogen-bond donors (Lipinski definition) is 3. The average molecular weight is 201 g/mol. The Morgan fingerprint density at radius 1 is 1.45 bits per heavy atom. The van der Waals surface area contributed by atoms with Crippen molar-refractivity contribution in [2.24, 2.45) is 0 Å². The van der Waals surface area contributed by atoms with E-state index in [-0.39, 0.29) is 0 Å². The second-order valence-electron chi connectivity index (χ2n) is 2.44. The molecule has 7 heteroatoms. The molecule has 0 bridgehead atoms. The first-order chi connectivity index (χ1) is 4.63. The van der Waals surface area contributed by atoms with Gasteiger partial charge in [-0.1, -0.05) is 0 Å². The summed E-state index contributed by atoms with van der Waals surface area (Å²) in [4.78, 5) is 34.2. The molecule has 0 radical (unpaired) electrons. The summed E-state index contributed by atoms with van der Waals surface area (Å²) >= 11 is 5.40. The van der Waals surface area contributed by atoms with E-state index in [0.717, 1.165) is 0 Å². The predicted molar refractivity (Wildman–Crippen MR) is 38.4 cm³/mol. The summed E-state index contributed by atoms with van der Waals surface area (Å²) in [6.45, 7) is 2.61. The molecular formula is C4H9ClO5Si. The molecule has 5 nitrogen and oxygen atoms in total. The summed E-state index contributed by atoms with van der Waals surface area (Å²) in [7, 11) is -4.76. The summed E-state index contributed by atoms with van der Waals surface area (Å²) in [6, 6.07) is 0. The molecule has 0 aliphatic heterocycles. The highest BCUT2D eigenvalue weighted by atomic mass is 35.5. The minimum absolute atomic E-state index is 1.07. The number of carbonyl (C=O) groups excluding carboxylic acids is 1. The number of hydrogen-bond acceptors (Lipinski definition) is 5. The van der Waals surface area contributed by atoms with E-state index in [4.69, 9.17) is 26.0 Å². The SMILES string of the molecule is CC(C)(Cl)C(=O)O[Si](O)(O)O. The van der Waals surface area contributed by atoms with Crippen LogP contribution in [0, 0.1) is 0 Å². The Morgan fingerprint density at radius 3 is 1.91 bits per heavy atom. The standard InChI is InChI=1S/C4H9ClO5Si/c1-4(2,5)3(6)10-11(7,8)9/h7-9H,1-2H3. The van der Waals surface area contributed by atoms with Gasteiger partial charge in [0.25, 0.3) is 0 Å². The van der Waals surface area contributed by atoms with Gasteiger partial charge < -0.3 is 18.8 Å². The van der Waals surface area contributed by atoms with Gasteiger partial charge in [0.1, 0.15) is 4.87 Å². The fourth-order valence-electron chi connectivity index (χ4n) is 0.246. The first-order valence-corrected chi connectivity index (χ1v) is 4.85. The third-order valence-corrected chi connectivity index (χ3v) is 1.33. The lowest BCUT2D eigenvalue weighted by Crippen LogP contribution is -2.45. The Balaban J connectivity index is 4.11. The van der Waals surface area contributed by atoms with Gasteiger partial charge in [-0.3, -0.25) is 4.79 Å². The fourth-order valence-corrected chi connectivity index (χ4v) is 0.853. The van der Waals surface area contributed by atoms with Crippen molar-refractivity contribution in [2.45, 2.75) is 18.7 Å². The maximum atomic E-state index is 10.7. The van der Waals surface area contributed by atoms with Crippen LogP contribution in [0.3, 0.4) is 0 Å². The molecule has 0 saturated carbocycles. The number of carbonyl (C=O) groups is 1. The molecule has 0 aliphatic carbocycles. The van der Waals surface area contributed by atoms with Gasteiger partial charge in [-0.05, 0) is 13.8 Å². The Hall–Kier alpha value is -0.143. The van der Waals surface area contributed by atoms with E-state index in [1.807, 2.05) is 0 Å². The van der Waals surface area contributed by atoms with E-state index < -0.39 is 19.9 Å². The van der Waals surface area contributed by atoms with E-state index in [9.17, 15) is 4.79 Å². The molecule has 0 aromatic rings. The highest BCUT2D eigenvalue weighted by Gasteiger charge is 2.40. The van der Waals surface area contributed by atoms with E-state index in [1.165, 1.54) is 13.8 Å². The molecule has 3 N–H and O–H groups in total. The van der Waals surface area contributed by atoms with E-state index in [1.54, 1.807) is 0 Å². The molecular weight excluding hydrogens is 192 g/mol. The molecule has 0 aliphatic rings. The Kier molecular flexibility index (Phi) is 3.04. The van der Waals surface area contributed by atoms with Gasteiger partial charge in [0.05, 0.1) is 0 Å². The molecule has 66 valence electrons. The smallest absolute Gasteiger partial charge is 0.451 e. The monoisotopic (exact) mass is 200 g/mol. The van der Waals surface area contributed by atoms with Crippen LogP contribution in [0.15, 0.2) is 0 Å². The molecule has 0 saturated heterocycles. The minimum Gasteiger partial charge on any atom is -0.451 e. The number of halogens is 1. The first kappa shape index (κ1) is 10.9. The molecule has 0 spiro atoms. The van der Waals surface area contributed by atoms with Crippen molar-refractivity contribution >= 4 is 26.6 Å². The average Bonchev–Trinajstić information content (AvgIpc) is 1.56. The van der Waals surface area contributed by atoms with E-state index in [2.05, 4.69) is 4.43 Å². The Labute approximate surface area is 69.7 Å². The molecule has 0 unspecified atom stereocenters. The van der Waals surface area contributed by atoms with Crippen molar-refractivity contribution in [3.8, 4) is 0 Å². The lowest BCUT2D eigenvalue weighted by molar-refractivity contribution is -0.142. The zero-order valence-corrected chi connectivity index (χ0v) is 7.79. The lowest BCUT2D eigenvalue weighted by atomic mass is 10.2. The van der Waals surface area contributed by atoms with Gasteiger partial charge in [-0.25, -0.2) is 0 Å². The normalized spacial score (nSPS) is 12.9. The van der Waals surface area contributed by atoms with Crippen LogP contribution in [0.1, 0.15) is 13.8 Å². The second-order valence-corrected chi connectivity index (χ2v) is 4.73. The highest BCUT2D eigenvalue weighted by Crippen LogP contribution is 2.15. The van der Waals surface area contributed by atoms with Crippen LogP contribution >= 0.6 is 11.6 Å². The zero-order chi connectivity index (χ0) is 9.28. The molecule has 0 aromatic heterocycles. The summed E-state index contributed by atoms with van der Waals surface area (Å²) in [6.07, 6.45) is 0. The molecule has 0 heterocycles. The summed E-state index contributed by atoms with van der Waals surface area (Å²) in [5.74, 6) is -1.07. The maximum absolute atomic E-state index is 10.7. The van der Waals surface area contributed by atoms with Gasteiger partial charge in [0.2, 0.25) is 0 Å². The quantitative estimate of drug-likeness (QED) is 0.392. The molecule has 11 heavy (non-hydrogen) atoms. The van der Waals surface area contributed by atoms with Crippen LogP contribution in [0.25, 0.3) is 0 Å². The third kappa shape index (κ3) is 5.16. The minimum atomic E-state index is -4.76. The zero-order valence-electron chi connectivity index (χ0n) is 6.04. The predicted octanol–water partition coefficient (Wildman–Crippen LogP) is -1.04. The van der Waals surface area contributed by atoms with Crippen LogP contribution in [-0.4, -0.2) is 34.3 Å². The topological polar surface area (TPSA) is 87.0 Å². The van der Waals surface area contributed by atoms with Gasteiger partial charge in [0, 0.05) is 0 Å². The Bertz CT molecular complexity index is 157. The molecule has 0 amide bonds. The lowest BCUT2D eigenvalue weighted by Gasteiger charge is -2.17. The van der Waals surface area contributed by atoms with Gasteiger partial charge >= 0.3 is 15.0 Å². The largest absolute Gasteiger partial charge is 0.743 e. The Morgan fingerprint density at radius 2 is 1.82 bits per heavy atom. The maximum Gasteiger partial charge on any atom is 0.743 e. The van der Waals surface area contributed by atoms with Gasteiger partial charge in [-0.2, -0.15) is 0 Å². The number of rotatable bonds is 2. The van der Waals surface area contributed by atoms with Crippen LogP contribution in [0.4, 0.5) is 0 Å². The van der Waals surface area contributed by atoms with Crippen LogP contribution in [0.2, 0.25) is 0 Å². The first-order valence-electron chi connectivity index (χ1n) is 2.72. The fraction of sp³-hybridized carbons (Fsp3) is 0.750. The van der Waals surface area contributed by atoms with Crippen molar-refractivity contribution in [1.29, 1.82) is 0 Å². The van der Waals surface area contributed by atoms with E-state index in [0.29, 0.717) is 0 Å². The second kappa shape index (κ2) is 3.08. The van der Waals surface area contributed by atoms with Crippen molar-refractivity contribution in [1.82, 2.24) is 0 Å². The molecule has 0 aromatic carbocycles. The van der Waals surface area contributed by atoms with Crippen LogP contribution in [-0.2, 0) is 9.22 Å². The van der Waals surface area contributed by atoms with Crippen molar-refractivity contribution in [2.75, 3.05) is 0 Å². The van der Waals surface area contributed by atoms with Crippen LogP contribution < -0.4 is 0 Å². The summed E-state index contributed by atoms with van der Waals surface area (Å²) in [5.41, 5.74) is 0. The summed E-state index contributed by atoms with van der Waals surface area (Å²) in [5, 5.41) is 0. The van der Waals surface area contributed by atoms with Crippen molar-refractivity contribution in [3.05, 3.63) is 0 Å². The summed E-state index contributed by atoms with van der Waals surface area (Å²) < 4.78 is 3.84. The van der Waals surface area contributed by atoms with Crippen LogP contribution in [0.5, 0.6) is 0 Å². The highest BCUT2D eigenvalue weighted by molar-refractivity contribution is 6.52. The molecule has 0 rings (SSSR count). The van der Waals surface area contributed by atoms with Gasteiger partial charge in [-0.15, -0.1) is 11.6 Å². The third-order valence-electron chi connectivity index (χ3n) is 0.715. The van der Waals surface area contributed by atoms with Gasteiger partial charge in [0.15, 0.2) is 0 Å².